The first kappa shape index (κ1) is 23.7. The van der Waals surface area contributed by atoms with Crippen molar-refractivity contribution >= 4 is 51.9 Å². The number of hydrogen-bond donors (Lipinski definition) is 2. The molecule has 0 spiro atoms. The van der Waals surface area contributed by atoms with Crippen LogP contribution in [0.5, 0.6) is 0 Å². The predicted octanol–water partition coefficient (Wildman–Crippen LogP) is -1.86. The number of anilines is 1. The van der Waals surface area contributed by atoms with Crippen LogP contribution < -0.4 is 16.2 Å². The molecule has 0 saturated carbocycles. The molecule has 2 atom stereocenters. The SMILES string of the molecule is CON=C(C(=O)NC1C(=O)N2C(C(=O)[O-])=C(C=CC[N+](C)(C)C)CS[C@H]12)c1nsc(N)n1. The van der Waals surface area contributed by atoms with E-state index in [2.05, 4.69) is 24.7 Å². The molecule has 172 valence electrons. The number of carboxylic acid groups (broad SMARTS) is 1. The highest BCUT2D eigenvalue weighted by Crippen LogP contribution is 2.40. The topological polar surface area (TPSA) is 163 Å². The molecular formula is C18H23N7O5S2. The van der Waals surface area contributed by atoms with Crippen molar-refractivity contribution in [3.63, 3.8) is 0 Å². The van der Waals surface area contributed by atoms with Crippen molar-refractivity contribution in [2.75, 3.05) is 46.3 Å². The molecule has 1 aromatic rings. The molecule has 12 nitrogen and oxygen atoms in total. The number of aromatic nitrogens is 2. The van der Waals surface area contributed by atoms with E-state index in [4.69, 9.17) is 5.73 Å². The molecule has 3 rings (SSSR count). The largest absolute Gasteiger partial charge is 0.543 e. The normalized spacial score (nSPS) is 21.4. The number of nitrogen functional groups attached to an aromatic ring is 1. The van der Waals surface area contributed by atoms with Crippen molar-refractivity contribution in [1.29, 1.82) is 0 Å². The van der Waals surface area contributed by atoms with Crippen LogP contribution in [-0.4, -0.2) is 94.2 Å². The number of aliphatic carboxylic acids is 1. The number of allylic oxidation sites excluding steroid dienone is 1. The summed E-state index contributed by atoms with van der Waals surface area (Å²) in [6.07, 6.45) is 3.57. The standard InChI is InChI=1S/C18H23N7O5S2/c1-25(2,3)7-5-6-9-8-31-16-11(15(27)24(16)12(9)17(28)29)20-14(26)10(22-30-4)13-21-18(19)32-23-13/h5-6,11,16H,7-8H2,1-4H3,(H3-,19,20,21,23,26,28,29)/t11?,16-/m1/s1. The van der Waals surface area contributed by atoms with E-state index in [-0.39, 0.29) is 22.4 Å². The Hall–Kier alpha value is -2.97. The lowest BCUT2D eigenvalue weighted by Gasteiger charge is -2.50. The van der Waals surface area contributed by atoms with Crippen LogP contribution in [0.1, 0.15) is 5.82 Å². The van der Waals surface area contributed by atoms with Gasteiger partial charge in [-0.2, -0.15) is 9.36 Å². The highest BCUT2D eigenvalue weighted by atomic mass is 32.2. The molecule has 0 radical (unpaired) electrons. The fourth-order valence-electron chi connectivity index (χ4n) is 3.09. The molecule has 3 heterocycles. The highest BCUT2D eigenvalue weighted by Gasteiger charge is 2.53. The maximum absolute atomic E-state index is 12.8. The van der Waals surface area contributed by atoms with E-state index in [1.807, 2.05) is 27.2 Å². The van der Waals surface area contributed by atoms with Gasteiger partial charge in [0.05, 0.1) is 39.4 Å². The predicted molar refractivity (Wildman–Crippen MR) is 117 cm³/mol. The number of hydrogen-bond acceptors (Lipinski definition) is 11. The summed E-state index contributed by atoms with van der Waals surface area (Å²) in [4.78, 5) is 47.0. The number of quaternary nitrogens is 1. The van der Waals surface area contributed by atoms with E-state index < -0.39 is 29.2 Å². The third-order valence-corrected chi connectivity index (χ3v) is 6.35. The van der Waals surface area contributed by atoms with Crippen molar-refractivity contribution in [3.8, 4) is 0 Å². The molecule has 14 heteroatoms. The van der Waals surface area contributed by atoms with E-state index in [9.17, 15) is 19.5 Å². The number of amides is 2. The van der Waals surface area contributed by atoms with Gasteiger partial charge in [-0.3, -0.25) is 14.5 Å². The number of β-lactam (4-membered cyclic amide) rings is 1. The number of nitrogens with two attached hydrogens (primary N) is 1. The van der Waals surface area contributed by atoms with Gasteiger partial charge in [0.2, 0.25) is 11.5 Å². The summed E-state index contributed by atoms with van der Waals surface area (Å²) in [6.45, 7) is 0.682. The number of nitrogens with one attached hydrogen (secondary N) is 1. The minimum atomic E-state index is -1.44. The van der Waals surface area contributed by atoms with Gasteiger partial charge in [0, 0.05) is 17.3 Å². The lowest BCUT2D eigenvalue weighted by molar-refractivity contribution is -0.864. The second kappa shape index (κ2) is 9.26. The zero-order valence-corrected chi connectivity index (χ0v) is 19.5. The Balaban J connectivity index is 1.78. The molecule has 2 aliphatic heterocycles. The molecule has 0 bridgehead atoms. The Labute approximate surface area is 192 Å². The molecule has 2 aliphatic rings. The zero-order chi connectivity index (χ0) is 23.6. The van der Waals surface area contributed by atoms with Crippen molar-refractivity contribution in [1.82, 2.24) is 19.6 Å². The number of fused-ring (bicyclic) bond motifs is 1. The van der Waals surface area contributed by atoms with Crippen molar-refractivity contribution in [3.05, 3.63) is 29.2 Å². The number of likely N-dealkylation sites (N-methyl/N-ethyl adjacent to an activating group) is 1. The molecule has 2 amide bonds. The monoisotopic (exact) mass is 481 g/mol. The first-order valence-electron chi connectivity index (χ1n) is 9.41. The molecule has 1 saturated heterocycles. The van der Waals surface area contributed by atoms with Crippen LogP contribution in [-0.2, 0) is 19.2 Å². The Morgan fingerprint density at radius 3 is 2.72 bits per heavy atom. The van der Waals surface area contributed by atoms with E-state index in [1.54, 1.807) is 6.08 Å². The number of carboxylic acids is 1. The van der Waals surface area contributed by atoms with E-state index in [1.165, 1.54) is 18.9 Å². The summed E-state index contributed by atoms with van der Waals surface area (Å²) in [5.74, 6) is -2.43. The Bertz CT molecular complexity index is 1030. The molecule has 1 aromatic heterocycles. The van der Waals surface area contributed by atoms with Gasteiger partial charge in [0.1, 0.15) is 18.5 Å². The quantitative estimate of drug-likeness (QED) is 0.187. The van der Waals surface area contributed by atoms with Gasteiger partial charge < -0.3 is 30.3 Å². The molecule has 32 heavy (non-hydrogen) atoms. The maximum Gasteiger partial charge on any atom is 0.278 e. The summed E-state index contributed by atoms with van der Waals surface area (Å²) in [7, 11) is 7.27. The van der Waals surface area contributed by atoms with Crippen LogP contribution in [0.15, 0.2) is 28.6 Å². The van der Waals surface area contributed by atoms with Crippen LogP contribution >= 0.6 is 23.3 Å². The second-order valence-corrected chi connectivity index (χ2v) is 9.86. The van der Waals surface area contributed by atoms with Gasteiger partial charge in [-0.1, -0.05) is 11.2 Å². The second-order valence-electron chi connectivity index (χ2n) is 7.98. The summed E-state index contributed by atoms with van der Waals surface area (Å²) >= 11 is 2.22. The van der Waals surface area contributed by atoms with Crippen molar-refractivity contribution < 1.29 is 28.8 Å². The van der Waals surface area contributed by atoms with Gasteiger partial charge in [0.25, 0.3) is 11.8 Å². The molecule has 0 aliphatic carbocycles. The van der Waals surface area contributed by atoms with Crippen LogP contribution in [0.3, 0.4) is 0 Å². The molecular weight excluding hydrogens is 458 g/mol. The molecule has 1 unspecified atom stereocenters. The van der Waals surface area contributed by atoms with Crippen LogP contribution in [0.2, 0.25) is 0 Å². The van der Waals surface area contributed by atoms with E-state index in [0.29, 0.717) is 22.4 Å². The van der Waals surface area contributed by atoms with E-state index >= 15 is 0 Å². The van der Waals surface area contributed by atoms with Gasteiger partial charge >= 0.3 is 0 Å². The fraction of sp³-hybridized carbons (Fsp3) is 0.444. The molecule has 3 N–H and O–H groups in total. The van der Waals surface area contributed by atoms with E-state index in [0.717, 1.165) is 16.4 Å². The minimum absolute atomic E-state index is 0.0354. The summed E-state index contributed by atoms with van der Waals surface area (Å²) in [5.41, 5.74) is 5.62. The lowest BCUT2D eigenvalue weighted by atomic mass is 10.0. The zero-order valence-electron chi connectivity index (χ0n) is 17.9. The molecule has 0 aromatic carbocycles. The summed E-state index contributed by atoms with van der Waals surface area (Å²) in [5, 5.41) is 17.6. The minimum Gasteiger partial charge on any atom is -0.543 e. The van der Waals surface area contributed by atoms with Gasteiger partial charge in [-0.15, -0.1) is 11.8 Å². The van der Waals surface area contributed by atoms with Crippen molar-refractivity contribution in [2.24, 2.45) is 5.16 Å². The Morgan fingerprint density at radius 2 is 2.16 bits per heavy atom. The van der Waals surface area contributed by atoms with Crippen LogP contribution in [0, 0.1) is 0 Å². The number of rotatable bonds is 8. The maximum atomic E-state index is 12.8. The lowest BCUT2D eigenvalue weighted by Crippen LogP contribution is -2.71. The number of oxime groups is 1. The number of nitrogens with zero attached hydrogens (tertiary/aromatic N) is 5. The first-order chi connectivity index (χ1) is 15.0. The number of thioether (sulfide) groups is 1. The van der Waals surface area contributed by atoms with Gasteiger partial charge in [0.15, 0.2) is 5.13 Å². The Morgan fingerprint density at radius 1 is 1.44 bits per heavy atom. The van der Waals surface area contributed by atoms with Crippen LogP contribution in [0.25, 0.3) is 0 Å². The third-order valence-electron chi connectivity index (χ3n) is 4.50. The smallest absolute Gasteiger partial charge is 0.278 e. The Kier molecular flexibility index (Phi) is 6.85. The summed E-state index contributed by atoms with van der Waals surface area (Å²) in [6, 6.07) is -0.948. The van der Waals surface area contributed by atoms with Crippen molar-refractivity contribution in [2.45, 2.75) is 11.4 Å². The average Bonchev–Trinajstić information content (AvgIpc) is 3.14. The average molecular weight is 482 g/mol. The fourth-order valence-corrected chi connectivity index (χ4v) is 4.84. The van der Waals surface area contributed by atoms with Gasteiger partial charge in [-0.25, -0.2) is 0 Å². The molecule has 1 fully saturated rings. The number of carbonyl (C=O) groups excluding carboxylic acids is 3. The number of carbonyl (C=O) groups is 3. The highest BCUT2D eigenvalue weighted by molar-refractivity contribution is 8.00. The van der Waals surface area contributed by atoms with Crippen LogP contribution in [0.4, 0.5) is 5.13 Å². The first-order valence-corrected chi connectivity index (χ1v) is 11.2. The third kappa shape index (κ3) is 4.92. The summed E-state index contributed by atoms with van der Waals surface area (Å²) < 4.78 is 4.60. The van der Waals surface area contributed by atoms with Gasteiger partial charge in [-0.05, 0) is 11.6 Å².